The predicted octanol–water partition coefficient (Wildman–Crippen LogP) is 1.71. The van der Waals surface area contributed by atoms with Gasteiger partial charge in [0.25, 0.3) is 0 Å². The number of nitrogens with one attached hydrogen (secondary N) is 1. The lowest BCUT2D eigenvalue weighted by Gasteiger charge is -2.22. The number of ether oxygens (including phenoxy) is 1. The lowest BCUT2D eigenvalue weighted by atomic mass is 10.2. The molecule has 2 amide bonds. The van der Waals surface area contributed by atoms with E-state index in [1.165, 1.54) is 4.90 Å². The molecule has 1 saturated carbocycles. The minimum atomic E-state index is -0.316. The first-order valence-electron chi connectivity index (χ1n) is 8.26. The first-order valence-corrected chi connectivity index (χ1v) is 8.26. The minimum Gasteiger partial charge on any atom is -0.381 e. The quantitative estimate of drug-likeness (QED) is 0.547. The van der Waals surface area contributed by atoms with E-state index in [9.17, 15) is 9.59 Å². The first-order chi connectivity index (χ1) is 10.1. The smallest absolute Gasteiger partial charge is 0.247 e. The number of likely N-dealkylation sites (tertiary alicyclic amines) is 1. The Kier molecular flexibility index (Phi) is 6.18. The standard InChI is InChI=1S/C16H28N2O3/c1-12(2)11-21-9-5-8-17-14-10-15(19)18(16(14)20)13-6-3-4-7-13/h12-14,17H,3-11H2,1-2H3. The number of rotatable bonds is 8. The van der Waals surface area contributed by atoms with E-state index in [2.05, 4.69) is 19.2 Å². The highest BCUT2D eigenvalue weighted by molar-refractivity contribution is 6.05. The molecule has 2 fully saturated rings. The van der Waals surface area contributed by atoms with Crippen LogP contribution in [0.1, 0.15) is 52.4 Å². The van der Waals surface area contributed by atoms with Gasteiger partial charge in [0.15, 0.2) is 0 Å². The van der Waals surface area contributed by atoms with Gasteiger partial charge in [-0.2, -0.15) is 0 Å². The molecule has 0 bridgehead atoms. The van der Waals surface area contributed by atoms with E-state index < -0.39 is 0 Å². The van der Waals surface area contributed by atoms with Crippen molar-refractivity contribution in [3.63, 3.8) is 0 Å². The molecule has 1 saturated heterocycles. The zero-order valence-corrected chi connectivity index (χ0v) is 13.3. The van der Waals surface area contributed by atoms with Gasteiger partial charge in [0.05, 0.1) is 12.5 Å². The Balaban J connectivity index is 1.67. The average Bonchev–Trinajstić information content (AvgIpc) is 3.02. The van der Waals surface area contributed by atoms with E-state index in [0.717, 1.165) is 45.3 Å². The molecule has 1 unspecified atom stereocenters. The van der Waals surface area contributed by atoms with Crippen molar-refractivity contribution in [2.75, 3.05) is 19.8 Å². The Bertz CT molecular complexity index is 365. The summed E-state index contributed by atoms with van der Waals surface area (Å²) in [6.45, 7) is 6.44. The summed E-state index contributed by atoms with van der Waals surface area (Å²) in [4.78, 5) is 25.9. The lowest BCUT2D eigenvalue weighted by Crippen LogP contribution is -2.43. The molecule has 1 atom stereocenters. The van der Waals surface area contributed by atoms with Gasteiger partial charge >= 0.3 is 0 Å². The van der Waals surface area contributed by atoms with Gasteiger partial charge in [0.2, 0.25) is 11.8 Å². The Labute approximate surface area is 127 Å². The zero-order valence-electron chi connectivity index (χ0n) is 13.3. The van der Waals surface area contributed by atoms with Gasteiger partial charge < -0.3 is 10.1 Å². The van der Waals surface area contributed by atoms with Crippen molar-refractivity contribution in [3.05, 3.63) is 0 Å². The molecular formula is C16H28N2O3. The van der Waals surface area contributed by atoms with E-state index in [1.54, 1.807) is 0 Å². The van der Waals surface area contributed by atoms with Crippen LogP contribution in [0.25, 0.3) is 0 Å². The summed E-state index contributed by atoms with van der Waals surface area (Å²) in [6, 6.07) is -0.158. The van der Waals surface area contributed by atoms with E-state index in [0.29, 0.717) is 18.9 Å². The zero-order chi connectivity index (χ0) is 15.2. The van der Waals surface area contributed by atoms with E-state index >= 15 is 0 Å². The molecule has 0 aromatic heterocycles. The summed E-state index contributed by atoms with van der Waals surface area (Å²) in [5.41, 5.74) is 0. The molecule has 2 aliphatic rings. The lowest BCUT2D eigenvalue weighted by molar-refractivity contribution is -0.141. The van der Waals surface area contributed by atoms with Crippen molar-refractivity contribution in [2.24, 2.45) is 5.92 Å². The molecular weight excluding hydrogens is 268 g/mol. The van der Waals surface area contributed by atoms with Crippen LogP contribution in [0.15, 0.2) is 0 Å². The summed E-state index contributed by atoms with van der Waals surface area (Å²) in [7, 11) is 0. The van der Waals surface area contributed by atoms with Gasteiger partial charge in [0.1, 0.15) is 0 Å². The number of imide groups is 1. The van der Waals surface area contributed by atoms with Crippen molar-refractivity contribution < 1.29 is 14.3 Å². The summed E-state index contributed by atoms with van der Waals surface area (Å²) >= 11 is 0. The molecule has 2 rings (SSSR count). The number of carbonyl (C=O) groups is 2. The van der Waals surface area contributed by atoms with Crippen molar-refractivity contribution in [1.29, 1.82) is 0 Å². The van der Waals surface area contributed by atoms with Gasteiger partial charge in [-0.3, -0.25) is 14.5 Å². The Morgan fingerprint density at radius 2 is 2.00 bits per heavy atom. The molecule has 0 aromatic carbocycles. The largest absolute Gasteiger partial charge is 0.381 e. The van der Waals surface area contributed by atoms with Gasteiger partial charge in [-0.15, -0.1) is 0 Å². The highest BCUT2D eigenvalue weighted by Gasteiger charge is 2.42. The van der Waals surface area contributed by atoms with Crippen LogP contribution in [0.2, 0.25) is 0 Å². The Hall–Kier alpha value is -0.940. The Morgan fingerprint density at radius 1 is 1.29 bits per heavy atom. The monoisotopic (exact) mass is 296 g/mol. The maximum absolute atomic E-state index is 12.3. The molecule has 1 N–H and O–H groups in total. The van der Waals surface area contributed by atoms with E-state index in [-0.39, 0.29) is 23.9 Å². The molecule has 0 radical (unpaired) electrons. The highest BCUT2D eigenvalue weighted by atomic mass is 16.5. The van der Waals surface area contributed by atoms with Crippen LogP contribution in [0.4, 0.5) is 0 Å². The fraction of sp³-hybridized carbons (Fsp3) is 0.875. The molecule has 5 heteroatoms. The van der Waals surface area contributed by atoms with Gasteiger partial charge in [0, 0.05) is 19.3 Å². The second-order valence-corrected chi connectivity index (χ2v) is 6.57. The maximum atomic E-state index is 12.3. The fourth-order valence-corrected chi connectivity index (χ4v) is 3.13. The van der Waals surface area contributed by atoms with Gasteiger partial charge in [-0.05, 0) is 31.7 Å². The van der Waals surface area contributed by atoms with Crippen LogP contribution >= 0.6 is 0 Å². The first kappa shape index (κ1) is 16.4. The van der Waals surface area contributed by atoms with Crippen LogP contribution in [0.3, 0.4) is 0 Å². The van der Waals surface area contributed by atoms with Crippen LogP contribution in [-0.4, -0.2) is 48.6 Å². The maximum Gasteiger partial charge on any atom is 0.247 e. The molecule has 21 heavy (non-hydrogen) atoms. The van der Waals surface area contributed by atoms with E-state index in [4.69, 9.17) is 4.74 Å². The summed E-state index contributed by atoms with van der Waals surface area (Å²) in [5.74, 6) is 0.530. The van der Waals surface area contributed by atoms with E-state index in [1.807, 2.05) is 0 Å². The van der Waals surface area contributed by atoms with Crippen LogP contribution in [-0.2, 0) is 14.3 Å². The van der Waals surface area contributed by atoms with Crippen LogP contribution < -0.4 is 5.32 Å². The van der Waals surface area contributed by atoms with Crippen LogP contribution in [0, 0.1) is 5.92 Å². The van der Waals surface area contributed by atoms with Gasteiger partial charge in [-0.25, -0.2) is 0 Å². The molecule has 1 aliphatic heterocycles. The normalized spacial score (nSPS) is 23.8. The third kappa shape index (κ3) is 4.51. The van der Waals surface area contributed by atoms with Crippen LogP contribution in [0.5, 0.6) is 0 Å². The molecule has 5 nitrogen and oxygen atoms in total. The van der Waals surface area contributed by atoms with Crippen molar-refractivity contribution in [2.45, 2.75) is 64.5 Å². The summed E-state index contributed by atoms with van der Waals surface area (Å²) in [6.07, 6.45) is 5.41. The third-order valence-corrected chi connectivity index (χ3v) is 4.18. The topological polar surface area (TPSA) is 58.6 Å². The second-order valence-electron chi connectivity index (χ2n) is 6.57. The number of hydrogen-bond acceptors (Lipinski definition) is 4. The fourth-order valence-electron chi connectivity index (χ4n) is 3.13. The molecule has 0 aromatic rings. The molecule has 1 heterocycles. The molecule has 0 spiro atoms. The third-order valence-electron chi connectivity index (χ3n) is 4.18. The number of carbonyl (C=O) groups excluding carboxylic acids is 2. The van der Waals surface area contributed by atoms with Crippen molar-refractivity contribution in [3.8, 4) is 0 Å². The minimum absolute atomic E-state index is 0.000424. The number of amides is 2. The SMILES string of the molecule is CC(C)COCCCNC1CC(=O)N(C2CCCC2)C1=O. The summed E-state index contributed by atoms with van der Waals surface area (Å²) < 4.78 is 5.51. The number of hydrogen-bond donors (Lipinski definition) is 1. The predicted molar refractivity (Wildman–Crippen MR) is 80.8 cm³/mol. The van der Waals surface area contributed by atoms with Crippen molar-refractivity contribution in [1.82, 2.24) is 10.2 Å². The molecule has 120 valence electrons. The summed E-state index contributed by atoms with van der Waals surface area (Å²) in [5, 5.41) is 3.21. The second kappa shape index (κ2) is 7.90. The number of nitrogens with zero attached hydrogens (tertiary/aromatic N) is 1. The highest BCUT2D eigenvalue weighted by Crippen LogP contribution is 2.28. The van der Waals surface area contributed by atoms with Gasteiger partial charge in [-0.1, -0.05) is 26.7 Å². The average molecular weight is 296 g/mol. The Morgan fingerprint density at radius 3 is 2.67 bits per heavy atom. The molecule has 1 aliphatic carbocycles. The van der Waals surface area contributed by atoms with Crippen molar-refractivity contribution >= 4 is 11.8 Å².